The van der Waals surface area contributed by atoms with Crippen LogP contribution in [0.25, 0.3) is 82.5 Å². The Kier molecular flexibility index (Phi) is 8.94. The summed E-state index contributed by atoms with van der Waals surface area (Å²) in [6, 6.07) is 77.2. The summed E-state index contributed by atoms with van der Waals surface area (Å²) in [5.74, 6) is 1.14. The maximum absolute atomic E-state index is 5.11. The molecule has 0 saturated carbocycles. The van der Waals surface area contributed by atoms with E-state index in [1.165, 1.54) is 48.9 Å². The molecule has 0 atom stereocenters. The molecular weight excluding hydrogens is 781 g/mol. The topological polar surface area (TPSA) is 51.9 Å². The predicted molar refractivity (Wildman–Crippen MR) is 269 cm³/mol. The monoisotopic (exact) mass is 820 g/mol. The zero-order valence-electron chi connectivity index (χ0n) is 34.9. The lowest BCUT2D eigenvalue weighted by Gasteiger charge is -2.13. The Morgan fingerprint density at radius 2 is 0.766 bits per heavy atom. The molecule has 0 spiro atoms. The largest absolute Gasteiger partial charge is 0.309 e. The maximum atomic E-state index is 5.11. The lowest BCUT2D eigenvalue weighted by Crippen LogP contribution is -2.05. The molecule has 0 aliphatic rings. The van der Waals surface area contributed by atoms with Gasteiger partial charge in [-0.1, -0.05) is 152 Å². The Labute approximate surface area is 369 Å². The van der Waals surface area contributed by atoms with E-state index in [0.717, 1.165) is 50.3 Å². The van der Waals surface area contributed by atoms with Crippen LogP contribution in [0.4, 0.5) is 0 Å². The van der Waals surface area contributed by atoms with Crippen LogP contribution in [-0.2, 0) is 6.54 Å². The van der Waals surface area contributed by atoms with Gasteiger partial charge in [0.1, 0.15) is 0 Å². The zero-order chi connectivity index (χ0) is 42.6. The summed E-state index contributed by atoms with van der Waals surface area (Å²) in [5.41, 5.74) is 13.2. The summed E-state index contributed by atoms with van der Waals surface area (Å²) in [7, 11) is 0. The van der Waals surface area contributed by atoms with Gasteiger partial charge in [0.2, 0.25) is 0 Å². The van der Waals surface area contributed by atoms with Crippen LogP contribution in [0.5, 0.6) is 0 Å². The van der Waals surface area contributed by atoms with Crippen molar-refractivity contribution >= 4 is 83.8 Å². The van der Waals surface area contributed by atoms with Crippen molar-refractivity contribution in [3.8, 4) is 17.1 Å². The van der Waals surface area contributed by atoms with Gasteiger partial charge in [-0.25, -0.2) is 9.98 Å². The molecule has 64 heavy (non-hydrogen) atoms. The second-order valence-corrected chi connectivity index (χ2v) is 16.1. The highest BCUT2D eigenvalue weighted by molar-refractivity contribution is 6.29. The van der Waals surface area contributed by atoms with E-state index in [1.807, 2.05) is 60.7 Å². The Hall–Kier alpha value is -8.61. The second-order valence-electron chi connectivity index (χ2n) is 16.1. The average molecular weight is 821 g/mol. The summed E-state index contributed by atoms with van der Waals surface area (Å²) >= 11 is 0. The number of nitrogens with zero attached hydrogens (tertiary/aromatic N) is 6. The molecule has 0 aliphatic heterocycles. The van der Waals surface area contributed by atoms with Gasteiger partial charge in [0.05, 0.1) is 39.6 Å². The van der Waals surface area contributed by atoms with Crippen LogP contribution >= 0.6 is 0 Å². The molecule has 0 saturated heterocycles. The summed E-state index contributed by atoms with van der Waals surface area (Å²) < 4.78 is 7.23. The van der Waals surface area contributed by atoms with Crippen molar-refractivity contribution in [3.63, 3.8) is 0 Å². The van der Waals surface area contributed by atoms with Gasteiger partial charge in [0.15, 0.2) is 11.7 Å². The first kappa shape index (κ1) is 37.2. The molecule has 12 aromatic rings. The lowest BCUT2D eigenvalue weighted by molar-refractivity contribution is 1.05. The first-order valence-electron chi connectivity index (χ1n) is 21.6. The highest BCUT2D eigenvalue weighted by atomic mass is 15.0. The Bertz CT molecular complexity index is 3770. The number of para-hydroxylation sites is 4. The van der Waals surface area contributed by atoms with Crippen molar-refractivity contribution in [1.82, 2.24) is 13.7 Å². The molecule has 0 fully saturated rings. The molecule has 0 aliphatic carbocycles. The standard InChI is InChI=1S/C58H40N6/c1-59-57(40-19-4-2-5-20-40)61-58(41-21-6-3-7-22-41)60-38-39-18-16-23-42(36-39)63-51-32-14-10-28-47(51)55-53(63)34-35-54-56(55)48-29-11-15-33-52(48)64(54)44-25-17-24-43(37-44)62-49-30-12-8-26-45(49)46-27-9-13-31-50(46)62/h2-37H,1,38H2. The maximum Gasteiger partial charge on any atom is 0.161 e. The minimum atomic E-state index is 0.434. The zero-order valence-corrected chi connectivity index (χ0v) is 34.9. The van der Waals surface area contributed by atoms with Gasteiger partial charge in [-0.2, -0.15) is 0 Å². The second kappa shape index (κ2) is 15.4. The number of hydrogen-bond donors (Lipinski definition) is 0. The highest BCUT2D eigenvalue weighted by Crippen LogP contribution is 2.43. The van der Waals surface area contributed by atoms with Crippen molar-refractivity contribution in [1.29, 1.82) is 0 Å². The quantitative estimate of drug-likeness (QED) is 0.114. The average Bonchev–Trinajstić information content (AvgIpc) is 4.00. The van der Waals surface area contributed by atoms with E-state index >= 15 is 0 Å². The van der Waals surface area contributed by atoms with Crippen molar-refractivity contribution in [2.45, 2.75) is 6.54 Å². The van der Waals surface area contributed by atoms with Crippen molar-refractivity contribution in [3.05, 3.63) is 235 Å². The van der Waals surface area contributed by atoms with E-state index in [9.17, 15) is 0 Å². The lowest BCUT2D eigenvalue weighted by atomic mass is 10.1. The van der Waals surface area contributed by atoms with E-state index in [4.69, 9.17) is 9.98 Å². The molecule has 0 radical (unpaired) electrons. The number of hydrogen-bond acceptors (Lipinski definition) is 1. The molecule has 0 amide bonds. The van der Waals surface area contributed by atoms with E-state index in [-0.39, 0.29) is 0 Å². The fraction of sp³-hybridized carbons (Fsp3) is 0.0172. The molecule has 6 heteroatoms. The number of benzene rings is 9. The number of amidine groups is 2. The van der Waals surface area contributed by atoms with Gasteiger partial charge < -0.3 is 13.7 Å². The van der Waals surface area contributed by atoms with Gasteiger partial charge in [0.25, 0.3) is 0 Å². The predicted octanol–water partition coefficient (Wildman–Crippen LogP) is 14.1. The Morgan fingerprint density at radius 3 is 1.28 bits per heavy atom. The minimum Gasteiger partial charge on any atom is -0.309 e. The van der Waals surface area contributed by atoms with Crippen molar-refractivity contribution in [2.75, 3.05) is 0 Å². The number of aliphatic imine (C=N–C) groups is 3. The Balaban J connectivity index is 1.01. The van der Waals surface area contributed by atoms with Crippen molar-refractivity contribution in [2.24, 2.45) is 15.0 Å². The number of aromatic nitrogens is 3. The van der Waals surface area contributed by atoms with Gasteiger partial charge in [-0.05, 0) is 79.0 Å². The van der Waals surface area contributed by atoms with Crippen LogP contribution in [0.3, 0.4) is 0 Å². The van der Waals surface area contributed by atoms with Crippen LogP contribution in [0.15, 0.2) is 233 Å². The smallest absolute Gasteiger partial charge is 0.161 e. The van der Waals surface area contributed by atoms with E-state index in [0.29, 0.717) is 18.2 Å². The molecule has 3 heterocycles. The molecule has 9 aromatic carbocycles. The van der Waals surface area contributed by atoms with Crippen LogP contribution in [-0.4, -0.2) is 32.1 Å². The molecule has 6 nitrogen and oxygen atoms in total. The van der Waals surface area contributed by atoms with E-state index in [1.54, 1.807) is 0 Å². The first-order chi connectivity index (χ1) is 31.7. The summed E-state index contributed by atoms with van der Waals surface area (Å²) in [4.78, 5) is 14.4. The molecule has 302 valence electrons. The minimum absolute atomic E-state index is 0.434. The summed E-state index contributed by atoms with van der Waals surface area (Å²) in [5, 5.41) is 7.40. The third kappa shape index (κ3) is 6.07. The summed E-state index contributed by atoms with van der Waals surface area (Å²) in [6.45, 7) is 4.27. The van der Waals surface area contributed by atoms with Gasteiger partial charge in [-0.15, -0.1) is 0 Å². The van der Waals surface area contributed by atoms with Crippen LogP contribution < -0.4 is 0 Å². The Morgan fingerprint density at radius 1 is 0.359 bits per heavy atom. The summed E-state index contributed by atoms with van der Waals surface area (Å²) in [6.07, 6.45) is 0. The molecule has 12 rings (SSSR count). The molecule has 0 N–H and O–H groups in total. The van der Waals surface area contributed by atoms with Crippen LogP contribution in [0.1, 0.15) is 16.7 Å². The fourth-order valence-electron chi connectivity index (χ4n) is 9.66. The molecular formula is C58H40N6. The van der Waals surface area contributed by atoms with Gasteiger partial charge >= 0.3 is 0 Å². The number of rotatable bonds is 7. The fourth-order valence-corrected chi connectivity index (χ4v) is 9.66. The van der Waals surface area contributed by atoms with Crippen molar-refractivity contribution < 1.29 is 0 Å². The van der Waals surface area contributed by atoms with Crippen LogP contribution in [0, 0.1) is 0 Å². The third-order valence-corrected chi connectivity index (χ3v) is 12.4. The molecule has 3 aromatic heterocycles. The molecule has 0 bridgehead atoms. The third-order valence-electron chi connectivity index (χ3n) is 12.4. The van der Waals surface area contributed by atoms with Crippen LogP contribution in [0.2, 0.25) is 0 Å². The first-order valence-corrected chi connectivity index (χ1v) is 21.6. The normalized spacial score (nSPS) is 12.4. The van der Waals surface area contributed by atoms with E-state index in [2.05, 4.69) is 183 Å². The molecule has 0 unspecified atom stereocenters. The van der Waals surface area contributed by atoms with E-state index < -0.39 is 0 Å². The highest BCUT2D eigenvalue weighted by Gasteiger charge is 2.21. The number of fused-ring (bicyclic) bond motifs is 10. The SMILES string of the molecule is C=NC(=NC(=NCc1cccc(-n2c3ccccc3c3c4c5ccccc5n(-c5cccc(-n6c7ccccc7c7ccccc76)c5)c4ccc32)c1)c1ccccc1)c1ccccc1. The van der Waals surface area contributed by atoms with Gasteiger partial charge in [-0.3, -0.25) is 4.99 Å². The van der Waals surface area contributed by atoms with Gasteiger partial charge in [0, 0.05) is 60.5 Å².